The van der Waals surface area contributed by atoms with Crippen LogP contribution in [0.2, 0.25) is 0 Å². The van der Waals surface area contributed by atoms with E-state index < -0.39 is 10.9 Å². The van der Waals surface area contributed by atoms with Gasteiger partial charge in [0.2, 0.25) is 10.9 Å². The van der Waals surface area contributed by atoms with Crippen LogP contribution >= 0.6 is 0 Å². The molecule has 0 aliphatic carbocycles. The van der Waals surface area contributed by atoms with E-state index in [9.17, 15) is 8.42 Å². The summed E-state index contributed by atoms with van der Waals surface area (Å²) < 4.78 is 20.6. The van der Waals surface area contributed by atoms with Gasteiger partial charge in [0, 0.05) is 0 Å². The van der Waals surface area contributed by atoms with E-state index in [0.717, 1.165) is 0 Å². The first kappa shape index (κ1) is 8.03. The number of hydrogen-bond acceptors (Lipinski definition) is 3. The van der Waals surface area contributed by atoms with Gasteiger partial charge in [0.25, 0.3) is 0 Å². The fraction of sp³-hybridized carbons (Fsp3) is 0. The smallest absolute Gasteiger partial charge is 0.247 e. The minimum Gasteiger partial charge on any atom is -0.274 e. The van der Waals surface area contributed by atoms with Crippen molar-refractivity contribution in [2.45, 2.75) is 0 Å². The Morgan fingerprint density at radius 3 is 2.18 bits per heavy atom. The molecule has 11 heavy (non-hydrogen) atoms. The van der Waals surface area contributed by atoms with Crippen molar-refractivity contribution in [3.05, 3.63) is 30.3 Å². The summed E-state index contributed by atoms with van der Waals surface area (Å²) in [5, 5.41) is 8.83. The Labute approximate surface area is 65.7 Å². The second kappa shape index (κ2) is 3.36. The first-order valence-electron chi connectivity index (χ1n) is 2.90. The van der Waals surface area contributed by atoms with Crippen molar-refractivity contribution in [1.29, 1.82) is 0 Å². The van der Waals surface area contributed by atoms with Crippen molar-refractivity contribution in [2.24, 2.45) is 0 Å². The van der Waals surface area contributed by atoms with E-state index in [1.54, 1.807) is 18.2 Å². The van der Waals surface area contributed by atoms with Crippen molar-refractivity contribution < 1.29 is 13.6 Å². The lowest BCUT2D eigenvalue weighted by Gasteiger charge is -2.06. The summed E-state index contributed by atoms with van der Waals surface area (Å²) in [4.78, 5) is 0. The zero-order valence-corrected chi connectivity index (χ0v) is 6.44. The highest BCUT2D eigenvalue weighted by atomic mass is 32.2. The molecule has 5 heteroatoms. The molecule has 1 aromatic carbocycles. The van der Waals surface area contributed by atoms with Crippen molar-refractivity contribution in [3.63, 3.8) is 0 Å². The first-order valence-corrected chi connectivity index (χ1v) is 4.03. The second-order valence-electron chi connectivity index (χ2n) is 1.86. The molecule has 0 saturated carbocycles. The molecule has 0 amide bonds. The van der Waals surface area contributed by atoms with E-state index >= 15 is 0 Å². The molecule has 1 rings (SSSR count). The Morgan fingerprint density at radius 1 is 1.18 bits per heavy atom. The number of anilines is 1. The topological polar surface area (TPSA) is 57.6 Å². The van der Waals surface area contributed by atoms with E-state index in [-0.39, 0.29) is 10.2 Å². The van der Waals surface area contributed by atoms with E-state index in [1.807, 2.05) is 0 Å². The van der Waals surface area contributed by atoms with Gasteiger partial charge in [0.1, 0.15) is 0 Å². The Hall–Kier alpha value is -1.07. The number of nitrogens with zero attached hydrogens (tertiary/aromatic N) is 1. The molecule has 0 unspecified atom stereocenters. The summed E-state index contributed by atoms with van der Waals surface area (Å²) in [7, 11) is -2.95. The fourth-order valence-electron chi connectivity index (χ4n) is 0.656. The molecule has 0 heterocycles. The number of rotatable bonds is 2. The predicted octanol–water partition coefficient (Wildman–Crippen LogP) is 0.409. The van der Waals surface area contributed by atoms with Crippen molar-refractivity contribution in [3.8, 4) is 0 Å². The zero-order chi connectivity index (χ0) is 8.27. The Balaban J connectivity index is 2.94. The van der Waals surface area contributed by atoms with Crippen molar-refractivity contribution in [1.82, 2.24) is 0 Å². The van der Waals surface area contributed by atoms with Gasteiger partial charge < -0.3 is 0 Å². The SMILES string of the molecule is O=[SH](=O)N(O)c1ccccc1. The van der Waals surface area contributed by atoms with Crippen LogP contribution in [0.5, 0.6) is 0 Å². The van der Waals surface area contributed by atoms with Crippen molar-refractivity contribution >= 4 is 16.6 Å². The highest BCUT2D eigenvalue weighted by molar-refractivity contribution is 7.73. The van der Waals surface area contributed by atoms with E-state index in [0.29, 0.717) is 0 Å². The quantitative estimate of drug-likeness (QED) is 0.503. The molecule has 0 aromatic heterocycles. The maximum atomic E-state index is 10.2. The van der Waals surface area contributed by atoms with Gasteiger partial charge in [-0.1, -0.05) is 18.2 Å². The molecule has 0 atom stereocenters. The third-order valence-electron chi connectivity index (χ3n) is 1.14. The normalized spacial score (nSPS) is 10.0. The summed E-state index contributed by atoms with van der Waals surface area (Å²) in [6, 6.07) is 7.99. The van der Waals surface area contributed by atoms with Gasteiger partial charge in [-0.05, 0) is 12.1 Å². The molecule has 0 aliphatic rings. The van der Waals surface area contributed by atoms with Gasteiger partial charge in [-0.3, -0.25) is 5.21 Å². The number of hydrogen-bond donors (Lipinski definition) is 2. The average Bonchev–Trinajstić information content (AvgIpc) is 2.05. The van der Waals surface area contributed by atoms with Crippen LogP contribution in [-0.4, -0.2) is 13.6 Å². The van der Waals surface area contributed by atoms with Gasteiger partial charge in [-0.15, -0.1) is 0 Å². The third kappa shape index (κ3) is 1.92. The lowest BCUT2D eigenvalue weighted by atomic mass is 10.3. The van der Waals surface area contributed by atoms with E-state index in [4.69, 9.17) is 5.21 Å². The standard InChI is InChI=1S/C6H7NO3S/c8-7(11(9)10)6-4-2-1-3-5-6/h1-5,8,11H. The molecule has 0 radical (unpaired) electrons. The molecule has 0 bridgehead atoms. The fourth-order valence-corrected chi connectivity index (χ4v) is 0.978. The van der Waals surface area contributed by atoms with E-state index in [1.165, 1.54) is 12.1 Å². The van der Waals surface area contributed by atoms with Crippen LogP contribution in [0.1, 0.15) is 0 Å². The molecular formula is C6H7NO3S. The third-order valence-corrected chi connectivity index (χ3v) is 1.68. The molecule has 0 fully saturated rings. The lowest BCUT2D eigenvalue weighted by molar-refractivity contribution is 0.321. The van der Waals surface area contributed by atoms with Gasteiger partial charge in [-0.25, -0.2) is 8.42 Å². The summed E-state index contributed by atoms with van der Waals surface area (Å²) in [5.41, 5.74) is 0.239. The van der Waals surface area contributed by atoms with Crippen LogP contribution in [0, 0.1) is 0 Å². The molecule has 0 saturated heterocycles. The predicted molar refractivity (Wildman–Crippen MR) is 41.0 cm³/mol. The molecule has 1 N–H and O–H groups in total. The van der Waals surface area contributed by atoms with Crippen LogP contribution < -0.4 is 4.47 Å². The monoisotopic (exact) mass is 173 g/mol. The van der Waals surface area contributed by atoms with Crippen LogP contribution in [0.15, 0.2) is 30.3 Å². The van der Waals surface area contributed by atoms with Crippen LogP contribution in [-0.2, 0) is 10.9 Å². The summed E-state index contributed by atoms with van der Waals surface area (Å²) >= 11 is 0. The Morgan fingerprint density at radius 2 is 1.73 bits per heavy atom. The number of benzene rings is 1. The van der Waals surface area contributed by atoms with Crippen LogP contribution in [0.3, 0.4) is 0 Å². The van der Waals surface area contributed by atoms with Crippen LogP contribution in [0.25, 0.3) is 0 Å². The highest BCUT2D eigenvalue weighted by Crippen LogP contribution is 2.09. The maximum Gasteiger partial charge on any atom is 0.247 e. The number of thiol groups is 1. The summed E-state index contributed by atoms with van der Waals surface area (Å²) in [6.07, 6.45) is 0. The largest absolute Gasteiger partial charge is 0.274 e. The second-order valence-corrected chi connectivity index (χ2v) is 2.72. The highest BCUT2D eigenvalue weighted by Gasteiger charge is 2.00. The van der Waals surface area contributed by atoms with Crippen molar-refractivity contribution in [2.75, 3.05) is 4.47 Å². The molecule has 1 aromatic rings. The van der Waals surface area contributed by atoms with Gasteiger partial charge in [0.05, 0.1) is 5.69 Å². The molecule has 0 aliphatic heterocycles. The summed E-state index contributed by atoms with van der Waals surface area (Å²) in [6.45, 7) is 0. The number of para-hydroxylation sites is 1. The minimum atomic E-state index is -2.95. The maximum absolute atomic E-state index is 10.2. The zero-order valence-electron chi connectivity index (χ0n) is 5.54. The molecular weight excluding hydrogens is 166 g/mol. The first-order chi connectivity index (χ1) is 5.22. The Bertz CT molecular complexity index is 288. The molecule has 0 spiro atoms. The Kier molecular flexibility index (Phi) is 2.45. The lowest BCUT2D eigenvalue weighted by Crippen LogP contribution is -2.14. The van der Waals surface area contributed by atoms with Gasteiger partial charge in [0.15, 0.2) is 0 Å². The van der Waals surface area contributed by atoms with E-state index in [2.05, 4.69) is 0 Å². The molecule has 60 valence electrons. The van der Waals surface area contributed by atoms with Gasteiger partial charge in [-0.2, -0.15) is 4.47 Å². The molecule has 4 nitrogen and oxygen atoms in total. The average molecular weight is 173 g/mol. The van der Waals surface area contributed by atoms with Gasteiger partial charge >= 0.3 is 0 Å². The minimum absolute atomic E-state index is 0.204. The van der Waals surface area contributed by atoms with Crippen LogP contribution in [0.4, 0.5) is 5.69 Å². The summed E-state index contributed by atoms with van der Waals surface area (Å²) in [5.74, 6) is 0.